The maximum atomic E-state index is 11.2. The summed E-state index contributed by atoms with van der Waals surface area (Å²) in [4.78, 5) is 15.3. The maximum absolute atomic E-state index is 11.2. The zero-order valence-electron chi connectivity index (χ0n) is 9.22. The third kappa shape index (κ3) is 2.03. The molecule has 5 heteroatoms. The second-order valence-electron chi connectivity index (χ2n) is 3.51. The number of carboxylic acids is 1. The molecule has 0 saturated carbocycles. The van der Waals surface area contributed by atoms with Crippen LogP contribution >= 0.6 is 11.6 Å². The third-order valence-electron chi connectivity index (χ3n) is 2.49. The molecule has 0 radical (unpaired) electrons. The van der Waals surface area contributed by atoms with Gasteiger partial charge in [0.15, 0.2) is 0 Å². The number of aromatic carboxylic acids is 1. The average Bonchev–Trinajstić information content (AvgIpc) is 2.76. The predicted octanol–water partition coefficient (Wildman–Crippen LogP) is 2.79. The summed E-state index contributed by atoms with van der Waals surface area (Å²) in [7, 11) is 0. The molecule has 1 aromatic carbocycles. The fraction of sp³-hybridized carbons (Fsp3) is 0.167. The largest absolute Gasteiger partial charge is 0.478 e. The van der Waals surface area contributed by atoms with Gasteiger partial charge in [0, 0.05) is 18.8 Å². The molecule has 1 heterocycles. The van der Waals surface area contributed by atoms with E-state index in [2.05, 4.69) is 4.98 Å². The van der Waals surface area contributed by atoms with Crippen LogP contribution in [0.4, 0.5) is 0 Å². The Kier molecular flexibility index (Phi) is 3.15. The minimum Gasteiger partial charge on any atom is -0.478 e. The van der Waals surface area contributed by atoms with E-state index < -0.39 is 5.97 Å². The first-order valence-electron chi connectivity index (χ1n) is 5.19. The molecule has 88 valence electrons. The zero-order valence-corrected chi connectivity index (χ0v) is 9.98. The summed E-state index contributed by atoms with van der Waals surface area (Å²) in [6, 6.07) is 4.82. The number of nitrogens with zero attached hydrogens (tertiary/aromatic N) is 2. The van der Waals surface area contributed by atoms with E-state index in [0.717, 1.165) is 5.82 Å². The molecule has 4 nitrogen and oxygen atoms in total. The minimum atomic E-state index is -1.00. The van der Waals surface area contributed by atoms with Crippen LogP contribution in [-0.4, -0.2) is 20.6 Å². The average molecular weight is 251 g/mol. The van der Waals surface area contributed by atoms with Crippen molar-refractivity contribution >= 4 is 17.6 Å². The van der Waals surface area contributed by atoms with Crippen molar-refractivity contribution in [1.29, 1.82) is 0 Å². The van der Waals surface area contributed by atoms with Crippen molar-refractivity contribution in [2.75, 3.05) is 0 Å². The molecule has 0 saturated heterocycles. The lowest BCUT2D eigenvalue weighted by molar-refractivity contribution is 0.0697. The van der Waals surface area contributed by atoms with Crippen molar-refractivity contribution in [1.82, 2.24) is 9.55 Å². The van der Waals surface area contributed by atoms with Crippen molar-refractivity contribution in [2.24, 2.45) is 0 Å². The van der Waals surface area contributed by atoms with Crippen LogP contribution in [0.1, 0.15) is 23.1 Å². The fourth-order valence-electron chi connectivity index (χ4n) is 1.73. The zero-order chi connectivity index (χ0) is 12.4. The number of halogens is 1. The number of hydrogen-bond acceptors (Lipinski definition) is 2. The number of carboxylic acid groups (broad SMARTS) is 1. The minimum absolute atomic E-state index is 0.171. The third-order valence-corrected chi connectivity index (χ3v) is 2.80. The van der Waals surface area contributed by atoms with Gasteiger partial charge in [0.05, 0.1) is 16.3 Å². The van der Waals surface area contributed by atoms with E-state index in [1.165, 1.54) is 6.07 Å². The van der Waals surface area contributed by atoms with Crippen LogP contribution in [0.2, 0.25) is 5.02 Å². The molecule has 0 unspecified atom stereocenters. The van der Waals surface area contributed by atoms with Crippen LogP contribution in [0.25, 0.3) is 5.69 Å². The molecule has 0 bridgehead atoms. The second kappa shape index (κ2) is 4.59. The molecule has 2 rings (SSSR count). The Bertz CT molecular complexity index is 563. The Hall–Kier alpha value is -1.81. The van der Waals surface area contributed by atoms with E-state index in [-0.39, 0.29) is 5.56 Å². The Labute approximate surface area is 103 Å². The molecular formula is C12H11ClN2O2. The summed E-state index contributed by atoms with van der Waals surface area (Å²) in [5.74, 6) is -0.223. The first kappa shape index (κ1) is 11.7. The Balaban J connectivity index is 2.70. The topological polar surface area (TPSA) is 55.1 Å². The van der Waals surface area contributed by atoms with E-state index in [1.807, 2.05) is 6.92 Å². The second-order valence-corrected chi connectivity index (χ2v) is 3.92. The fourth-order valence-corrected chi connectivity index (χ4v) is 2.00. The Morgan fingerprint density at radius 3 is 2.94 bits per heavy atom. The van der Waals surface area contributed by atoms with Gasteiger partial charge in [-0.25, -0.2) is 9.78 Å². The highest BCUT2D eigenvalue weighted by molar-refractivity contribution is 6.33. The Morgan fingerprint density at radius 2 is 2.29 bits per heavy atom. The molecule has 2 aromatic rings. The normalized spacial score (nSPS) is 10.5. The molecule has 0 aliphatic heterocycles. The molecule has 0 atom stereocenters. The first-order chi connectivity index (χ1) is 8.15. The number of carbonyl (C=O) groups is 1. The van der Waals surface area contributed by atoms with Crippen LogP contribution in [0.15, 0.2) is 30.6 Å². The molecule has 17 heavy (non-hydrogen) atoms. The van der Waals surface area contributed by atoms with Crippen LogP contribution in [0.3, 0.4) is 0 Å². The van der Waals surface area contributed by atoms with Gasteiger partial charge in [0.2, 0.25) is 0 Å². The van der Waals surface area contributed by atoms with Crippen LogP contribution in [0, 0.1) is 0 Å². The Morgan fingerprint density at radius 1 is 1.53 bits per heavy atom. The molecule has 0 amide bonds. The molecule has 0 aliphatic carbocycles. The van der Waals surface area contributed by atoms with Gasteiger partial charge in [-0.15, -0.1) is 0 Å². The van der Waals surface area contributed by atoms with E-state index in [1.54, 1.807) is 29.1 Å². The van der Waals surface area contributed by atoms with Gasteiger partial charge in [0.25, 0.3) is 0 Å². The predicted molar refractivity (Wildman–Crippen MR) is 64.9 cm³/mol. The highest BCUT2D eigenvalue weighted by Gasteiger charge is 2.16. The van der Waals surface area contributed by atoms with E-state index in [0.29, 0.717) is 17.1 Å². The van der Waals surface area contributed by atoms with Gasteiger partial charge >= 0.3 is 5.97 Å². The lowest BCUT2D eigenvalue weighted by atomic mass is 10.1. The quantitative estimate of drug-likeness (QED) is 0.911. The SMILES string of the molecule is CCc1nccn1-c1c(Cl)cccc1C(=O)O. The lowest BCUT2D eigenvalue weighted by Crippen LogP contribution is -2.08. The summed E-state index contributed by atoms with van der Waals surface area (Å²) >= 11 is 6.08. The number of para-hydroxylation sites is 1. The molecular weight excluding hydrogens is 240 g/mol. The van der Waals surface area contributed by atoms with Crippen molar-refractivity contribution in [2.45, 2.75) is 13.3 Å². The lowest BCUT2D eigenvalue weighted by Gasteiger charge is -2.11. The van der Waals surface area contributed by atoms with Gasteiger partial charge in [-0.2, -0.15) is 0 Å². The van der Waals surface area contributed by atoms with E-state index >= 15 is 0 Å². The summed E-state index contributed by atoms with van der Waals surface area (Å²) in [6.45, 7) is 1.95. The first-order valence-corrected chi connectivity index (χ1v) is 5.57. The van der Waals surface area contributed by atoms with E-state index in [9.17, 15) is 4.79 Å². The highest BCUT2D eigenvalue weighted by Crippen LogP contribution is 2.25. The van der Waals surface area contributed by atoms with Crippen LogP contribution in [0.5, 0.6) is 0 Å². The van der Waals surface area contributed by atoms with Crippen molar-refractivity contribution in [3.8, 4) is 5.69 Å². The number of rotatable bonds is 3. The van der Waals surface area contributed by atoms with Gasteiger partial charge in [-0.05, 0) is 12.1 Å². The molecule has 0 aliphatic rings. The van der Waals surface area contributed by atoms with Gasteiger partial charge in [-0.1, -0.05) is 24.6 Å². The summed E-state index contributed by atoms with van der Waals surface area (Å²) in [5.41, 5.74) is 0.640. The van der Waals surface area contributed by atoms with E-state index in [4.69, 9.17) is 16.7 Å². The van der Waals surface area contributed by atoms with Crippen molar-refractivity contribution in [3.63, 3.8) is 0 Å². The van der Waals surface area contributed by atoms with Gasteiger partial charge in [0.1, 0.15) is 5.82 Å². The highest BCUT2D eigenvalue weighted by atomic mass is 35.5. The summed E-state index contributed by atoms with van der Waals surface area (Å²) in [6.07, 6.45) is 4.05. The molecule has 1 aromatic heterocycles. The molecule has 0 fully saturated rings. The van der Waals surface area contributed by atoms with Crippen molar-refractivity contribution in [3.05, 3.63) is 47.0 Å². The van der Waals surface area contributed by atoms with Gasteiger partial charge in [-0.3, -0.25) is 0 Å². The number of benzene rings is 1. The summed E-state index contributed by atoms with van der Waals surface area (Å²) in [5, 5.41) is 9.56. The monoisotopic (exact) mass is 250 g/mol. The van der Waals surface area contributed by atoms with Crippen LogP contribution in [-0.2, 0) is 6.42 Å². The van der Waals surface area contributed by atoms with Crippen LogP contribution < -0.4 is 0 Å². The standard InChI is InChI=1S/C12H11ClN2O2/c1-2-10-14-6-7-15(10)11-8(12(16)17)4-3-5-9(11)13/h3-7H,2H2,1H3,(H,16,17). The van der Waals surface area contributed by atoms with Gasteiger partial charge < -0.3 is 9.67 Å². The number of aryl methyl sites for hydroxylation is 1. The number of hydrogen-bond donors (Lipinski definition) is 1. The smallest absolute Gasteiger partial charge is 0.337 e. The molecule has 0 spiro atoms. The maximum Gasteiger partial charge on any atom is 0.337 e. The van der Waals surface area contributed by atoms with Crippen molar-refractivity contribution < 1.29 is 9.90 Å². The summed E-state index contributed by atoms with van der Waals surface area (Å²) < 4.78 is 1.71. The number of aromatic nitrogens is 2. The number of imidazole rings is 1. The molecule has 1 N–H and O–H groups in total.